The summed E-state index contributed by atoms with van der Waals surface area (Å²) in [5, 5.41) is 5.83. The van der Waals surface area contributed by atoms with Gasteiger partial charge in [0.05, 0.1) is 10.7 Å². The maximum absolute atomic E-state index is 12.1. The van der Waals surface area contributed by atoms with Crippen LogP contribution in [0.2, 0.25) is 5.02 Å². The Balaban J connectivity index is 1.89. The number of carbonyl (C=O) groups excluding carboxylic acids is 2. The monoisotopic (exact) mass is 344 g/mol. The summed E-state index contributed by atoms with van der Waals surface area (Å²) in [6.45, 7) is 3.53. The van der Waals surface area contributed by atoms with Gasteiger partial charge in [0, 0.05) is 19.0 Å². The summed E-state index contributed by atoms with van der Waals surface area (Å²) in [5.74, 6) is -0.263. The standard InChI is InChI=1S/C19H21ClN2O2/c1-3-14-4-6-15(7-5-14)8-11-19(24)22-16-9-10-18(17(20)12-16)21-13(2)23/h4-7,9-10,12H,3,8,11H2,1-2H3,(H,21,23)(H,22,24). The first-order valence-electron chi connectivity index (χ1n) is 7.92. The Morgan fingerprint density at radius 2 is 1.67 bits per heavy atom. The zero-order valence-electron chi connectivity index (χ0n) is 13.9. The minimum absolute atomic E-state index is 0.0714. The van der Waals surface area contributed by atoms with Crippen LogP contribution in [0.15, 0.2) is 42.5 Å². The van der Waals surface area contributed by atoms with Gasteiger partial charge < -0.3 is 10.6 Å². The fourth-order valence-corrected chi connectivity index (χ4v) is 2.53. The lowest BCUT2D eigenvalue weighted by Crippen LogP contribution is -2.12. The quantitative estimate of drug-likeness (QED) is 0.814. The molecule has 0 bridgehead atoms. The van der Waals surface area contributed by atoms with Crippen LogP contribution in [0.5, 0.6) is 0 Å². The number of hydrogen-bond acceptors (Lipinski definition) is 2. The largest absolute Gasteiger partial charge is 0.326 e. The van der Waals surface area contributed by atoms with E-state index in [0.717, 1.165) is 12.0 Å². The summed E-state index contributed by atoms with van der Waals surface area (Å²) < 4.78 is 0. The van der Waals surface area contributed by atoms with Gasteiger partial charge in [-0.2, -0.15) is 0 Å². The van der Waals surface area contributed by atoms with E-state index in [1.807, 2.05) is 0 Å². The van der Waals surface area contributed by atoms with Gasteiger partial charge in [0.2, 0.25) is 11.8 Å². The van der Waals surface area contributed by atoms with Gasteiger partial charge in [-0.05, 0) is 42.2 Å². The highest BCUT2D eigenvalue weighted by atomic mass is 35.5. The van der Waals surface area contributed by atoms with Gasteiger partial charge in [-0.15, -0.1) is 0 Å². The number of benzene rings is 2. The predicted molar refractivity (Wildman–Crippen MR) is 98.5 cm³/mol. The van der Waals surface area contributed by atoms with Gasteiger partial charge in [0.25, 0.3) is 0 Å². The minimum Gasteiger partial charge on any atom is -0.326 e. The average molecular weight is 345 g/mol. The Morgan fingerprint density at radius 3 is 2.25 bits per heavy atom. The Bertz CT molecular complexity index is 727. The molecule has 24 heavy (non-hydrogen) atoms. The van der Waals surface area contributed by atoms with Gasteiger partial charge in [-0.3, -0.25) is 9.59 Å². The molecule has 0 aliphatic heterocycles. The molecule has 2 aromatic rings. The molecule has 0 aliphatic carbocycles. The van der Waals surface area contributed by atoms with Crippen LogP contribution >= 0.6 is 11.6 Å². The van der Waals surface area contributed by atoms with E-state index < -0.39 is 0 Å². The van der Waals surface area contributed by atoms with Gasteiger partial charge in [0.1, 0.15) is 0 Å². The molecule has 0 unspecified atom stereocenters. The highest BCUT2D eigenvalue weighted by Crippen LogP contribution is 2.25. The molecule has 0 heterocycles. The van der Waals surface area contributed by atoms with Crippen LogP contribution in [-0.4, -0.2) is 11.8 Å². The number of nitrogens with one attached hydrogen (secondary N) is 2. The molecule has 2 N–H and O–H groups in total. The lowest BCUT2D eigenvalue weighted by molar-refractivity contribution is -0.116. The number of hydrogen-bond donors (Lipinski definition) is 2. The summed E-state index contributed by atoms with van der Waals surface area (Å²) in [5.41, 5.74) is 3.57. The highest BCUT2D eigenvalue weighted by molar-refractivity contribution is 6.34. The molecule has 0 spiro atoms. The number of rotatable bonds is 6. The zero-order valence-corrected chi connectivity index (χ0v) is 14.6. The van der Waals surface area contributed by atoms with E-state index in [9.17, 15) is 9.59 Å². The topological polar surface area (TPSA) is 58.2 Å². The third-order valence-electron chi connectivity index (χ3n) is 3.64. The minimum atomic E-state index is -0.192. The molecule has 0 radical (unpaired) electrons. The van der Waals surface area contributed by atoms with E-state index in [1.165, 1.54) is 12.5 Å². The molecule has 2 amide bonds. The first kappa shape index (κ1) is 18.0. The van der Waals surface area contributed by atoms with Crippen molar-refractivity contribution >= 4 is 34.8 Å². The van der Waals surface area contributed by atoms with Crippen LogP contribution in [0.4, 0.5) is 11.4 Å². The van der Waals surface area contributed by atoms with Crippen molar-refractivity contribution in [2.24, 2.45) is 0 Å². The molecule has 0 fully saturated rings. The van der Waals surface area contributed by atoms with Crippen molar-refractivity contribution in [3.8, 4) is 0 Å². The van der Waals surface area contributed by atoms with E-state index in [0.29, 0.717) is 29.2 Å². The third-order valence-corrected chi connectivity index (χ3v) is 3.95. The van der Waals surface area contributed by atoms with Crippen LogP contribution in [0.25, 0.3) is 0 Å². The number of amides is 2. The number of carbonyl (C=O) groups is 2. The third kappa shape index (κ3) is 5.39. The van der Waals surface area contributed by atoms with Crippen molar-refractivity contribution in [2.75, 3.05) is 10.6 Å². The molecule has 4 nitrogen and oxygen atoms in total. The van der Waals surface area contributed by atoms with Gasteiger partial charge >= 0.3 is 0 Å². The summed E-state index contributed by atoms with van der Waals surface area (Å²) in [6.07, 6.45) is 2.10. The molecule has 0 saturated heterocycles. The molecule has 0 aliphatic rings. The lowest BCUT2D eigenvalue weighted by Gasteiger charge is -2.09. The van der Waals surface area contributed by atoms with E-state index in [1.54, 1.807) is 18.2 Å². The Kier molecular flexibility index (Phi) is 6.38. The smallest absolute Gasteiger partial charge is 0.224 e. The second-order valence-corrected chi connectivity index (χ2v) is 6.00. The molecule has 5 heteroatoms. The van der Waals surface area contributed by atoms with Crippen LogP contribution < -0.4 is 10.6 Å². The van der Waals surface area contributed by atoms with E-state index in [2.05, 4.69) is 41.8 Å². The van der Waals surface area contributed by atoms with Crippen LogP contribution in [-0.2, 0) is 22.4 Å². The van der Waals surface area contributed by atoms with Gasteiger partial charge in [0.15, 0.2) is 0 Å². The fourth-order valence-electron chi connectivity index (χ4n) is 2.31. The average Bonchev–Trinajstić information content (AvgIpc) is 2.55. The SMILES string of the molecule is CCc1ccc(CCC(=O)Nc2ccc(NC(C)=O)c(Cl)c2)cc1. The van der Waals surface area contributed by atoms with Crippen molar-refractivity contribution in [1.29, 1.82) is 0 Å². The first-order chi connectivity index (χ1) is 11.5. The zero-order chi connectivity index (χ0) is 17.5. The Hall–Kier alpha value is -2.33. The predicted octanol–water partition coefficient (Wildman–Crippen LogP) is 4.43. The molecule has 2 aromatic carbocycles. The van der Waals surface area contributed by atoms with Gasteiger partial charge in [-0.25, -0.2) is 0 Å². The van der Waals surface area contributed by atoms with Crippen molar-refractivity contribution in [2.45, 2.75) is 33.1 Å². The molecule has 0 aromatic heterocycles. The lowest BCUT2D eigenvalue weighted by atomic mass is 10.1. The molecular formula is C19H21ClN2O2. The summed E-state index contributed by atoms with van der Waals surface area (Å²) in [4.78, 5) is 23.1. The second kappa shape index (κ2) is 8.50. The van der Waals surface area contributed by atoms with Gasteiger partial charge in [-0.1, -0.05) is 42.8 Å². The maximum atomic E-state index is 12.1. The summed E-state index contributed by atoms with van der Waals surface area (Å²) in [7, 11) is 0. The maximum Gasteiger partial charge on any atom is 0.224 e. The highest BCUT2D eigenvalue weighted by Gasteiger charge is 2.07. The summed E-state index contributed by atoms with van der Waals surface area (Å²) in [6, 6.07) is 13.3. The Labute approximate surface area is 147 Å². The van der Waals surface area contributed by atoms with Crippen LogP contribution in [0, 0.1) is 0 Å². The fraction of sp³-hybridized carbons (Fsp3) is 0.263. The molecule has 2 rings (SSSR count). The van der Waals surface area contributed by atoms with E-state index >= 15 is 0 Å². The number of aryl methyl sites for hydroxylation is 2. The first-order valence-corrected chi connectivity index (χ1v) is 8.30. The van der Waals surface area contributed by atoms with Crippen molar-refractivity contribution < 1.29 is 9.59 Å². The molecular weight excluding hydrogens is 324 g/mol. The Morgan fingerprint density at radius 1 is 1.00 bits per heavy atom. The second-order valence-electron chi connectivity index (χ2n) is 5.59. The van der Waals surface area contributed by atoms with Crippen molar-refractivity contribution in [1.82, 2.24) is 0 Å². The molecule has 0 atom stereocenters. The van der Waals surface area contributed by atoms with E-state index in [4.69, 9.17) is 11.6 Å². The molecule has 126 valence electrons. The summed E-state index contributed by atoms with van der Waals surface area (Å²) >= 11 is 6.09. The number of halogens is 1. The van der Waals surface area contributed by atoms with Crippen molar-refractivity contribution in [3.63, 3.8) is 0 Å². The van der Waals surface area contributed by atoms with E-state index in [-0.39, 0.29) is 11.8 Å². The molecule has 0 saturated carbocycles. The van der Waals surface area contributed by atoms with Crippen LogP contribution in [0.1, 0.15) is 31.4 Å². The van der Waals surface area contributed by atoms with Crippen molar-refractivity contribution in [3.05, 3.63) is 58.6 Å². The normalized spacial score (nSPS) is 10.3. The van der Waals surface area contributed by atoms with Crippen LogP contribution in [0.3, 0.4) is 0 Å². The number of anilines is 2.